The summed E-state index contributed by atoms with van der Waals surface area (Å²) in [7, 11) is 0. The quantitative estimate of drug-likeness (QED) is 0.674. The van der Waals surface area contributed by atoms with E-state index in [9.17, 15) is 0 Å². The van der Waals surface area contributed by atoms with Gasteiger partial charge in [0.15, 0.2) is 0 Å². The Labute approximate surface area is 101 Å². The van der Waals surface area contributed by atoms with Crippen molar-refractivity contribution in [3.8, 4) is 11.1 Å². The largest absolute Gasteiger partial charge is 0.122 e. The van der Waals surface area contributed by atoms with E-state index in [2.05, 4.69) is 43.0 Å². The zero-order chi connectivity index (χ0) is 11.4. The molecule has 2 rings (SSSR count). The van der Waals surface area contributed by atoms with Crippen molar-refractivity contribution in [2.75, 3.05) is 5.88 Å². The molecule has 1 heteroatoms. The Balaban J connectivity index is 2.30. The highest BCUT2D eigenvalue weighted by Gasteiger charge is 1.99. The number of allylic oxidation sites excluding steroid dienone is 1. The first-order valence-corrected chi connectivity index (χ1v) is 5.74. The molecular formula is C15H13Cl. The van der Waals surface area contributed by atoms with Gasteiger partial charge in [-0.3, -0.25) is 0 Å². The number of rotatable bonds is 3. The van der Waals surface area contributed by atoms with Crippen molar-refractivity contribution in [2.24, 2.45) is 0 Å². The van der Waals surface area contributed by atoms with E-state index in [1.807, 2.05) is 18.2 Å². The number of halogens is 1. The molecule has 0 atom stereocenters. The van der Waals surface area contributed by atoms with Crippen LogP contribution in [0.2, 0.25) is 0 Å². The molecule has 0 saturated heterocycles. The molecule has 0 amide bonds. The maximum atomic E-state index is 5.74. The van der Waals surface area contributed by atoms with Gasteiger partial charge in [0.2, 0.25) is 0 Å². The first-order valence-electron chi connectivity index (χ1n) is 5.21. The summed E-state index contributed by atoms with van der Waals surface area (Å²) in [5.41, 5.74) is 4.51. The average Bonchev–Trinajstić information content (AvgIpc) is 2.39. The molecule has 0 heterocycles. The van der Waals surface area contributed by atoms with Gasteiger partial charge >= 0.3 is 0 Å². The molecule has 0 N–H and O–H groups in total. The van der Waals surface area contributed by atoms with Gasteiger partial charge in [-0.25, -0.2) is 0 Å². The second-order valence-electron chi connectivity index (χ2n) is 3.68. The highest BCUT2D eigenvalue weighted by molar-refractivity contribution is 6.23. The van der Waals surface area contributed by atoms with Gasteiger partial charge < -0.3 is 0 Å². The minimum absolute atomic E-state index is 0.477. The summed E-state index contributed by atoms with van der Waals surface area (Å²) in [6, 6.07) is 18.6. The fourth-order valence-electron chi connectivity index (χ4n) is 1.61. The maximum absolute atomic E-state index is 5.74. The van der Waals surface area contributed by atoms with E-state index < -0.39 is 0 Å². The van der Waals surface area contributed by atoms with Crippen LogP contribution < -0.4 is 0 Å². The first kappa shape index (κ1) is 11.0. The van der Waals surface area contributed by atoms with Crippen molar-refractivity contribution < 1.29 is 0 Å². The van der Waals surface area contributed by atoms with Gasteiger partial charge in [0.05, 0.1) is 0 Å². The number of hydrogen-bond acceptors (Lipinski definition) is 0. The monoisotopic (exact) mass is 228 g/mol. The van der Waals surface area contributed by atoms with Gasteiger partial charge in [-0.15, -0.1) is 11.6 Å². The van der Waals surface area contributed by atoms with Crippen LogP contribution in [0.15, 0.2) is 61.2 Å². The Morgan fingerprint density at radius 2 is 1.44 bits per heavy atom. The molecule has 16 heavy (non-hydrogen) atoms. The van der Waals surface area contributed by atoms with Crippen molar-refractivity contribution in [3.05, 3.63) is 66.7 Å². The van der Waals surface area contributed by atoms with Gasteiger partial charge in [0.25, 0.3) is 0 Å². The highest BCUT2D eigenvalue weighted by Crippen LogP contribution is 2.21. The van der Waals surface area contributed by atoms with Crippen LogP contribution in [0.25, 0.3) is 16.7 Å². The van der Waals surface area contributed by atoms with E-state index in [-0.39, 0.29) is 0 Å². The number of benzene rings is 2. The minimum atomic E-state index is 0.477. The van der Waals surface area contributed by atoms with Crippen LogP contribution in [0, 0.1) is 0 Å². The zero-order valence-corrected chi connectivity index (χ0v) is 9.74. The van der Waals surface area contributed by atoms with Gasteiger partial charge in [0.1, 0.15) is 0 Å². The van der Waals surface area contributed by atoms with Gasteiger partial charge in [-0.05, 0) is 22.3 Å². The topological polar surface area (TPSA) is 0 Å². The SMILES string of the molecule is C=C(CCl)c1ccc(-c2ccccc2)cc1. The third kappa shape index (κ3) is 2.34. The first-order chi connectivity index (χ1) is 7.81. The number of alkyl halides is 1. The Morgan fingerprint density at radius 1 is 0.875 bits per heavy atom. The lowest BCUT2D eigenvalue weighted by atomic mass is 10.0. The standard InChI is InChI=1S/C15H13Cl/c1-12(11-16)13-7-9-15(10-8-13)14-5-3-2-4-6-14/h2-10H,1,11H2. The van der Waals surface area contributed by atoms with Crippen LogP contribution in [-0.2, 0) is 0 Å². The Bertz CT molecular complexity index is 469. The molecule has 0 aromatic heterocycles. The molecule has 0 saturated carbocycles. The highest BCUT2D eigenvalue weighted by atomic mass is 35.5. The van der Waals surface area contributed by atoms with Gasteiger partial charge in [-0.1, -0.05) is 61.2 Å². The van der Waals surface area contributed by atoms with Crippen LogP contribution in [0.4, 0.5) is 0 Å². The second kappa shape index (κ2) is 5.00. The molecule has 0 radical (unpaired) electrons. The third-order valence-electron chi connectivity index (χ3n) is 2.56. The minimum Gasteiger partial charge on any atom is -0.122 e. The zero-order valence-electron chi connectivity index (χ0n) is 8.99. The van der Waals surface area contributed by atoms with Gasteiger partial charge in [0, 0.05) is 5.88 Å². The molecule has 80 valence electrons. The maximum Gasteiger partial charge on any atom is 0.0474 e. The predicted molar refractivity (Wildman–Crippen MR) is 71.6 cm³/mol. The van der Waals surface area contributed by atoms with Crippen LogP contribution in [0.1, 0.15) is 5.56 Å². The molecule has 0 aliphatic heterocycles. The molecule has 0 aliphatic carbocycles. The van der Waals surface area contributed by atoms with E-state index in [0.29, 0.717) is 5.88 Å². The molecule has 2 aromatic carbocycles. The lowest BCUT2D eigenvalue weighted by Crippen LogP contribution is -1.84. The van der Waals surface area contributed by atoms with Crippen molar-refractivity contribution in [2.45, 2.75) is 0 Å². The Hall–Kier alpha value is -1.53. The summed E-state index contributed by atoms with van der Waals surface area (Å²) in [6.45, 7) is 3.91. The molecule has 2 aromatic rings. The van der Waals surface area contributed by atoms with Crippen LogP contribution in [0.3, 0.4) is 0 Å². The van der Waals surface area contributed by atoms with Crippen LogP contribution in [-0.4, -0.2) is 5.88 Å². The Kier molecular flexibility index (Phi) is 3.43. The normalized spacial score (nSPS) is 10.1. The molecular weight excluding hydrogens is 216 g/mol. The van der Waals surface area contributed by atoms with E-state index in [4.69, 9.17) is 11.6 Å². The summed E-state index contributed by atoms with van der Waals surface area (Å²) < 4.78 is 0. The van der Waals surface area contributed by atoms with E-state index in [0.717, 1.165) is 11.1 Å². The number of hydrogen-bond donors (Lipinski definition) is 0. The van der Waals surface area contributed by atoms with Crippen molar-refractivity contribution >= 4 is 17.2 Å². The predicted octanol–water partition coefficient (Wildman–Crippen LogP) is 4.61. The molecule has 0 nitrogen and oxygen atoms in total. The Morgan fingerprint density at radius 3 is 2.00 bits per heavy atom. The summed E-state index contributed by atoms with van der Waals surface area (Å²) in [4.78, 5) is 0. The fraction of sp³-hybridized carbons (Fsp3) is 0.0667. The van der Waals surface area contributed by atoms with Crippen LogP contribution >= 0.6 is 11.6 Å². The van der Waals surface area contributed by atoms with Gasteiger partial charge in [-0.2, -0.15) is 0 Å². The lowest BCUT2D eigenvalue weighted by Gasteiger charge is -2.04. The van der Waals surface area contributed by atoms with E-state index in [1.165, 1.54) is 11.1 Å². The van der Waals surface area contributed by atoms with E-state index >= 15 is 0 Å². The third-order valence-corrected chi connectivity index (χ3v) is 2.88. The molecule has 0 fully saturated rings. The summed E-state index contributed by atoms with van der Waals surface area (Å²) in [5.74, 6) is 0.477. The van der Waals surface area contributed by atoms with Crippen molar-refractivity contribution in [1.82, 2.24) is 0 Å². The fourth-order valence-corrected chi connectivity index (χ4v) is 1.76. The van der Waals surface area contributed by atoms with Crippen molar-refractivity contribution in [3.63, 3.8) is 0 Å². The molecule has 0 spiro atoms. The molecule has 0 unspecified atom stereocenters. The molecule has 0 aliphatic rings. The average molecular weight is 229 g/mol. The van der Waals surface area contributed by atoms with Crippen molar-refractivity contribution in [1.29, 1.82) is 0 Å². The summed E-state index contributed by atoms with van der Waals surface area (Å²) in [5, 5.41) is 0. The van der Waals surface area contributed by atoms with E-state index in [1.54, 1.807) is 0 Å². The summed E-state index contributed by atoms with van der Waals surface area (Å²) >= 11 is 5.74. The smallest absolute Gasteiger partial charge is 0.0474 e. The van der Waals surface area contributed by atoms with Crippen LogP contribution in [0.5, 0.6) is 0 Å². The lowest BCUT2D eigenvalue weighted by molar-refractivity contribution is 1.56. The molecule has 0 bridgehead atoms. The summed E-state index contributed by atoms with van der Waals surface area (Å²) in [6.07, 6.45) is 0. The second-order valence-corrected chi connectivity index (χ2v) is 3.95.